The average molecular weight is 573 g/mol. The number of fused-ring (bicyclic) bond motifs is 1. The van der Waals surface area contributed by atoms with Gasteiger partial charge in [-0.2, -0.15) is 0 Å². The van der Waals surface area contributed by atoms with Crippen LogP contribution < -0.4 is 4.74 Å². The number of carbonyl (C=O) groups excluding carboxylic acids is 2. The predicted octanol–water partition coefficient (Wildman–Crippen LogP) is 5.91. The second kappa shape index (κ2) is 10.9. The minimum atomic E-state index is -2.75. The van der Waals surface area contributed by atoms with E-state index >= 15 is 0 Å². The van der Waals surface area contributed by atoms with Crippen LogP contribution in [0.5, 0.6) is 5.75 Å². The summed E-state index contributed by atoms with van der Waals surface area (Å²) in [5.41, 5.74) is 1.58. The maximum Gasteiger partial charge on any atom is 0.280 e. The molecular formula is C30H35ClF2N4O3. The summed E-state index contributed by atoms with van der Waals surface area (Å²) in [5.74, 6) is 0.969. The minimum Gasteiger partial charge on any atom is -0.488 e. The van der Waals surface area contributed by atoms with Crippen molar-refractivity contribution < 1.29 is 23.1 Å². The number of ether oxygens (including phenoxy) is 1. The highest BCUT2D eigenvalue weighted by Gasteiger charge is 2.52. The van der Waals surface area contributed by atoms with Gasteiger partial charge in [0, 0.05) is 54.3 Å². The van der Waals surface area contributed by atoms with E-state index in [9.17, 15) is 18.4 Å². The Balaban J connectivity index is 1.36. The molecular weight excluding hydrogens is 538 g/mol. The number of aromatic nitrogens is 2. The molecule has 3 heterocycles. The molecule has 0 N–H and O–H groups in total. The number of amides is 2. The lowest BCUT2D eigenvalue weighted by atomic mass is 9.78. The van der Waals surface area contributed by atoms with Crippen molar-refractivity contribution in [2.75, 3.05) is 19.6 Å². The van der Waals surface area contributed by atoms with E-state index in [0.717, 1.165) is 56.0 Å². The van der Waals surface area contributed by atoms with Gasteiger partial charge >= 0.3 is 0 Å². The number of nitrogens with zero attached hydrogens (tertiary/aromatic N) is 4. The molecule has 0 bridgehead atoms. The Morgan fingerprint density at radius 1 is 1.25 bits per heavy atom. The topological polar surface area (TPSA) is 75.6 Å². The van der Waals surface area contributed by atoms with Gasteiger partial charge < -0.3 is 14.5 Å². The zero-order chi connectivity index (χ0) is 28.0. The zero-order valence-corrected chi connectivity index (χ0v) is 23.5. The van der Waals surface area contributed by atoms with E-state index in [1.165, 1.54) is 6.20 Å². The van der Waals surface area contributed by atoms with Crippen molar-refractivity contribution in [1.29, 1.82) is 0 Å². The molecule has 3 atom stereocenters. The number of likely N-dealkylation sites (tertiary alicyclic amines) is 1. The first-order valence-corrected chi connectivity index (χ1v) is 14.7. The Kier molecular flexibility index (Phi) is 7.44. The molecule has 0 unspecified atom stereocenters. The SMILES string of the molecule is C[C@H]1CCCC[C@H]1C(=O)N1CCc2c(Cl)ccc(OCc3cncnc3C(F)F)c2[C@H]1CN1CC2(CC2)CC1=O. The van der Waals surface area contributed by atoms with Gasteiger partial charge in [0.05, 0.1) is 6.04 Å². The van der Waals surface area contributed by atoms with Crippen LogP contribution in [0.4, 0.5) is 8.78 Å². The quantitative estimate of drug-likeness (QED) is 0.412. The van der Waals surface area contributed by atoms with Crippen LogP contribution in [-0.2, 0) is 22.6 Å². The number of halogens is 3. The highest BCUT2D eigenvalue weighted by atomic mass is 35.5. The third-order valence-corrected chi connectivity index (χ3v) is 9.81. The van der Waals surface area contributed by atoms with Crippen LogP contribution in [0.2, 0.25) is 5.02 Å². The molecule has 2 amide bonds. The van der Waals surface area contributed by atoms with Crippen molar-refractivity contribution in [2.45, 2.75) is 77.4 Å². The largest absolute Gasteiger partial charge is 0.488 e. The average Bonchev–Trinajstić information content (AvgIpc) is 3.63. The summed E-state index contributed by atoms with van der Waals surface area (Å²) < 4.78 is 33.3. The van der Waals surface area contributed by atoms with Crippen LogP contribution in [-0.4, -0.2) is 51.2 Å². The maximum atomic E-state index is 14.1. The Hall–Kier alpha value is -2.81. The molecule has 3 fully saturated rings. The molecule has 40 heavy (non-hydrogen) atoms. The molecule has 1 saturated heterocycles. The normalized spacial score (nSPS) is 25.4. The summed E-state index contributed by atoms with van der Waals surface area (Å²) in [7, 11) is 0. The number of hydrogen-bond acceptors (Lipinski definition) is 5. The first kappa shape index (κ1) is 27.4. The van der Waals surface area contributed by atoms with Gasteiger partial charge in [0.1, 0.15) is 24.4 Å². The number of hydrogen-bond donors (Lipinski definition) is 0. The second-order valence-corrected chi connectivity index (χ2v) is 12.5. The van der Waals surface area contributed by atoms with Gasteiger partial charge in [0.25, 0.3) is 6.43 Å². The molecule has 7 nitrogen and oxygen atoms in total. The summed E-state index contributed by atoms with van der Waals surface area (Å²) in [5, 5.41) is 0.577. The van der Waals surface area contributed by atoms with E-state index in [1.807, 2.05) is 9.80 Å². The van der Waals surface area contributed by atoms with Gasteiger partial charge in [-0.05, 0) is 61.1 Å². The molecule has 1 spiro atoms. The lowest BCUT2D eigenvalue weighted by Gasteiger charge is -2.43. The van der Waals surface area contributed by atoms with E-state index in [4.69, 9.17) is 16.3 Å². The van der Waals surface area contributed by atoms with E-state index in [0.29, 0.717) is 49.2 Å². The van der Waals surface area contributed by atoms with Crippen LogP contribution in [0, 0.1) is 17.3 Å². The molecule has 214 valence electrons. The molecule has 10 heteroatoms. The van der Waals surface area contributed by atoms with E-state index in [1.54, 1.807) is 12.1 Å². The van der Waals surface area contributed by atoms with Crippen LogP contribution in [0.1, 0.15) is 86.7 Å². The van der Waals surface area contributed by atoms with Crippen molar-refractivity contribution in [3.05, 3.63) is 52.1 Å². The van der Waals surface area contributed by atoms with Crippen molar-refractivity contribution in [3.8, 4) is 5.75 Å². The van der Waals surface area contributed by atoms with Gasteiger partial charge in [0.2, 0.25) is 11.8 Å². The van der Waals surface area contributed by atoms with Crippen LogP contribution in [0.3, 0.4) is 0 Å². The standard InChI is InChI=1S/C30H35ClF2N4O3/c1-18-4-2-3-5-20(18)29(39)37-11-8-21-22(31)6-7-24(40-15-19-13-34-17-35-27(19)28(32)33)26(21)23(37)14-36-16-30(9-10-30)12-25(36)38/h6-7,13,17-18,20,23,28H,2-5,8-12,14-16H2,1H3/t18-,20+,23+/m0/s1. The molecule has 2 aliphatic carbocycles. The third-order valence-electron chi connectivity index (χ3n) is 9.45. The first-order chi connectivity index (χ1) is 19.3. The van der Waals surface area contributed by atoms with Crippen molar-refractivity contribution in [3.63, 3.8) is 0 Å². The van der Waals surface area contributed by atoms with Gasteiger partial charge in [-0.3, -0.25) is 9.59 Å². The van der Waals surface area contributed by atoms with Crippen molar-refractivity contribution in [1.82, 2.24) is 19.8 Å². The first-order valence-electron chi connectivity index (χ1n) is 14.4. The van der Waals surface area contributed by atoms with Crippen LogP contribution in [0.15, 0.2) is 24.7 Å². The van der Waals surface area contributed by atoms with Crippen LogP contribution in [0.25, 0.3) is 0 Å². The fourth-order valence-electron chi connectivity index (χ4n) is 6.95. The molecule has 1 aromatic heterocycles. The molecule has 0 radical (unpaired) electrons. The van der Waals surface area contributed by atoms with E-state index in [-0.39, 0.29) is 41.0 Å². The lowest BCUT2D eigenvalue weighted by Crippen LogP contribution is -2.49. The van der Waals surface area contributed by atoms with E-state index in [2.05, 4.69) is 16.9 Å². The Morgan fingerprint density at radius 2 is 2.05 bits per heavy atom. The number of alkyl halides is 2. The lowest BCUT2D eigenvalue weighted by molar-refractivity contribution is -0.143. The van der Waals surface area contributed by atoms with Crippen LogP contribution >= 0.6 is 11.6 Å². The van der Waals surface area contributed by atoms with Gasteiger partial charge in [0.15, 0.2) is 0 Å². The summed E-state index contributed by atoms with van der Waals surface area (Å²) >= 11 is 6.70. The fourth-order valence-corrected chi connectivity index (χ4v) is 7.21. The third kappa shape index (κ3) is 5.17. The maximum absolute atomic E-state index is 14.1. The second-order valence-electron chi connectivity index (χ2n) is 12.1. The Labute approximate surface area is 238 Å². The molecule has 6 rings (SSSR count). The molecule has 1 aromatic carbocycles. The minimum absolute atomic E-state index is 0.0551. The Morgan fingerprint density at radius 3 is 2.77 bits per heavy atom. The summed E-state index contributed by atoms with van der Waals surface area (Å²) in [6.07, 6.45) is 6.99. The summed E-state index contributed by atoms with van der Waals surface area (Å²) in [6, 6.07) is 3.06. The van der Waals surface area contributed by atoms with Crippen molar-refractivity contribution in [2.24, 2.45) is 17.3 Å². The summed E-state index contributed by atoms with van der Waals surface area (Å²) in [4.78, 5) is 38.7. The predicted molar refractivity (Wildman–Crippen MR) is 145 cm³/mol. The number of benzene rings is 1. The Bertz CT molecular complexity index is 1300. The fraction of sp³-hybridized carbons (Fsp3) is 0.600. The highest BCUT2D eigenvalue weighted by Crippen LogP contribution is 2.54. The molecule has 2 aromatic rings. The van der Waals surface area contributed by atoms with Gasteiger partial charge in [-0.1, -0.05) is 31.4 Å². The van der Waals surface area contributed by atoms with E-state index < -0.39 is 12.5 Å². The number of carbonyl (C=O) groups is 2. The smallest absolute Gasteiger partial charge is 0.280 e. The highest BCUT2D eigenvalue weighted by molar-refractivity contribution is 6.31. The van der Waals surface area contributed by atoms with Gasteiger partial charge in [-0.25, -0.2) is 18.7 Å². The molecule has 4 aliphatic rings. The molecule has 2 saturated carbocycles. The molecule has 2 aliphatic heterocycles. The van der Waals surface area contributed by atoms with Crippen molar-refractivity contribution >= 4 is 23.4 Å². The monoisotopic (exact) mass is 572 g/mol. The zero-order valence-electron chi connectivity index (χ0n) is 22.8. The van der Waals surface area contributed by atoms with Gasteiger partial charge in [-0.15, -0.1) is 0 Å². The number of rotatable bonds is 7. The summed E-state index contributed by atoms with van der Waals surface area (Å²) in [6.45, 7) is 3.59.